The van der Waals surface area contributed by atoms with Gasteiger partial charge in [-0.05, 0) is 37.8 Å². The molecule has 0 saturated carbocycles. The molecular formula is C18H20N2O2. The molecule has 1 aliphatic rings. The molecule has 1 aliphatic carbocycles. The van der Waals surface area contributed by atoms with E-state index >= 15 is 0 Å². The number of amides is 1. The number of pyridine rings is 1. The Labute approximate surface area is 129 Å². The minimum Gasteiger partial charge on any atom is -0.363 e. The van der Waals surface area contributed by atoms with Crippen LogP contribution in [0.1, 0.15) is 40.3 Å². The summed E-state index contributed by atoms with van der Waals surface area (Å²) in [4.78, 5) is 27.5. The minimum atomic E-state index is -0.0753. The predicted octanol–water partition coefficient (Wildman–Crippen LogP) is 2.34. The fraction of sp³-hybridized carbons (Fsp3) is 0.333. The van der Waals surface area contributed by atoms with Gasteiger partial charge in [0.15, 0.2) is 5.43 Å². The van der Waals surface area contributed by atoms with E-state index in [1.54, 1.807) is 20.0 Å². The van der Waals surface area contributed by atoms with E-state index in [0.717, 1.165) is 24.1 Å². The molecule has 2 N–H and O–H groups in total. The van der Waals surface area contributed by atoms with E-state index in [9.17, 15) is 9.59 Å². The predicted molar refractivity (Wildman–Crippen MR) is 85.9 cm³/mol. The highest BCUT2D eigenvalue weighted by atomic mass is 16.1. The molecule has 2 aromatic rings. The summed E-state index contributed by atoms with van der Waals surface area (Å²) < 4.78 is 0. The summed E-state index contributed by atoms with van der Waals surface area (Å²) in [6, 6.07) is 8.11. The van der Waals surface area contributed by atoms with E-state index in [-0.39, 0.29) is 17.3 Å². The zero-order valence-electron chi connectivity index (χ0n) is 12.9. The van der Waals surface area contributed by atoms with E-state index in [1.165, 1.54) is 5.56 Å². The van der Waals surface area contributed by atoms with Gasteiger partial charge in [-0.1, -0.05) is 24.3 Å². The zero-order chi connectivity index (χ0) is 15.7. The Morgan fingerprint density at radius 2 is 2.09 bits per heavy atom. The number of nitrogens with one attached hydrogen (secondary N) is 2. The standard InChI is InChI=1S/C18H20N2O2/c1-11-9-19-16(12(2)17(11)21)10-20-18(22)15-8-7-13-5-3-4-6-14(13)15/h3-6,9,15H,7-8,10H2,1-2H3,(H,19,21)(H,20,22)/t15-/m0/s1. The molecule has 0 unspecified atom stereocenters. The van der Waals surface area contributed by atoms with Crippen molar-refractivity contribution < 1.29 is 4.79 Å². The van der Waals surface area contributed by atoms with Crippen LogP contribution in [0.2, 0.25) is 0 Å². The number of aromatic nitrogens is 1. The molecule has 0 aliphatic heterocycles. The van der Waals surface area contributed by atoms with E-state index in [1.807, 2.05) is 18.2 Å². The second kappa shape index (κ2) is 5.79. The molecule has 114 valence electrons. The lowest BCUT2D eigenvalue weighted by molar-refractivity contribution is -0.122. The van der Waals surface area contributed by atoms with Gasteiger partial charge in [-0.25, -0.2) is 0 Å². The molecule has 4 heteroatoms. The van der Waals surface area contributed by atoms with E-state index in [0.29, 0.717) is 17.7 Å². The summed E-state index contributed by atoms with van der Waals surface area (Å²) in [7, 11) is 0. The monoisotopic (exact) mass is 296 g/mol. The topological polar surface area (TPSA) is 62.0 Å². The van der Waals surface area contributed by atoms with Gasteiger partial charge in [0.25, 0.3) is 0 Å². The van der Waals surface area contributed by atoms with Gasteiger partial charge < -0.3 is 10.3 Å². The lowest BCUT2D eigenvalue weighted by Crippen LogP contribution is -2.29. The van der Waals surface area contributed by atoms with Crippen LogP contribution in [0.3, 0.4) is 0 Å². The maximum absolute atomic E-state index is 12.4. The van der Waals surface area contributed by atoms with Gasteiger partial charge >= 0.3 is 0 Å². The van der Waals surface area contributed by atoms with Crippen molar-refractivity contribution in [2.45, 2.75) is 39.2 Å². The van der Waals surface area contributed by atoms with Gasteiger partial charge in [-0.3, -0.25) is 9.59 Å². The van der Waals surface area contributed by atoms with E-state index in [2.05, 4.69) is 16.4 Å². The second-order valence-corrected chi connectivity index (χ2v) is 5.91. The molecule has 4 nitrogen and oxygen atoms in total. The van der Waals surface area contributed by atoms with E-state index < -0.39 is 0 Å². The number of carbonyl (C=O) groups excluding carboxylic acids is 1. The Kier molecular flexibility index (Phi) is 3.84. The van der Waals surface area contributed by atoms with Crippen molar-refractivity contribution in [1.82, 2.24) is 10.3 Å². The molecule has 0 spiro atoms. The Balaban J connectivity index is 1.72. The van der Waals surface area contributed by atoms with Crippen molar-refractivity contribution in [3.8, 4) is 0 Å². The average molecular weight is 296 g/mol. The van der Waals surface area contributed by atoms with Crippen LogP contribution in [-0.2, 0) is 17.8 Å². The fourth-order valence-electron chi connectivity index (χ4n) is 3.11. The van der Waals surface area contributed by atoms with Gasteiger partial charge in [0.1, 0.15) is 0 Å². The summed E-state index contributed by atoms with van der Waals surface area (Å²) in [5.74, 6) is -0.0422. The molecular weight excluding hydrogens is 276 g/mol. The first-order valence-corrected chi connectivity index (χ1v) is 7.61. The number of hydrogen-bond donors (Lipinski definition) is 2. The molecule has 1 heterocycles. The number of hydrogen-bond acceptors (Lipinski definition) is 2. The van der Waals surface area contributed by atoms with Gasteiger partial charge in [0, 0.05) is 23.0 Å². The Morgan fingerprint density at radius 1 is 1.32 bits per heavy atom. The highest BCUT2D eigenvalue weighted by Gasteiger charge is 2.27. The number of fused-ring (bicyclic) bond motifs is 1. The molecule has 3 rings (SSSR count). The van der Waals surface area contributed by atoms with Gasteiger partial charge in [-0.2, -0.15) is 0 Å². The van der Waals surface area contributed by atoms with E-state index in [4.69, 9.17) is 0 Å². The first-order valence-electron chi connectivity index (χ1n) is 7.61. The van der Waals surface area contributed by atoms with Crippen LogP contribution in [0.25, 0.3) is 0 Å². The summed E-state index contributed by atoms with van der Waals surface area (Å²) in [5, 5.41) is 2.96. The lowest BCUT2D eigenvalue weighted by atomic mass is 10.0. The number of aromatic amines is 1. The van der Waals surface area contributed by atoms with Crippen molar-refractivity contribution in [2.75, 3.05) is 0 Å². The Bertz CT molecular complexity index is 777. The maximum atomic E-state index is 12.4. The maximum Gasteiger partial charge on any atom is 0.227 e. The highest BCUT2D eigenvalue weighted by Crippen LogP contribution is 2.32. The molecule has 22 heavy (non-hydrogen) atoms. The van der Waals surface area contributed by atoms with Crippen LogP contribution < -0.4 is 10.7 Å². The average Bonchev–Trinajstić information content (AvgIpc) is 2.96. The molecule has 1 aromatic heterocycles. The molecule has 1 aromatic carbocycles. The summed E-state index contributed by atoms with van der Waals surface area (Å²) in [6.07, 6.45) is 3.50. The molecule has 0 fully saturated rings. The molecule has 0 saturated heterocycles. The summed E-state index contributed by atoms with van der Waals surface area (Å²) in [6.45, 7) is 3.93. The number of benzene rings is 1. The van der Waals surface area contributed by atoms with Crippen LogP contribution in [0.15, 0.2) is 35.3 Å². The SMILES string of the molecule is Cc1c[nH]c(CNC(=O)[C@H]2CCc3ccccc32)c(C)c1=O. The third-order valence-electron chi connectivity index (χ3n) is 4.50. The van der Waals surface area contributed by atoms with Gasteiger partial charge in [0.05, 0.1) is 12.5 Å². The lowest BCUT2D eigenvalue weighted by Gasteiger charge is -2.13. The van der Waals surface area contributed by atoms with Crippen molar-refractivity contribution in [3.05, 3.63) is 68.6 Å². The van der Waals surface area contributed by atoms with Crippen LogP contribution in [-0.4, -0.2) is 10.9 Å². The summed E-state index contributed by atoms with van der Waals surface area (Å²) in [5.41, 5.74) is 4.57. The van der Waals surface area contributed by atoms with Crippen molar-refractivity contribution in [2.24, 2.45) is 0 Å². The smallest absolute Gasteiger partial charge is 0.227 e. The molecule has 0 radical (unpaired) electrons. The third kappa shape index (κ3) is 2.56. The molecule has 1 amide bonds. The number of aryl methyl sites for hydroxylation is 2. The van der Waals surface area contributed by atoms with Crippen LogP contribution in [0.5, 0.6) is 0 Å². The van der Waals surface area contributed by atoms with Crippen molar-refractivity contribution >= 4 is 5.91 Å². The van der Waals surface area contributed by atoms with Crippen molar-refractivity contribution in [1.29, 1.82) is 0 Å². The largest absolute Gasteiger partial charge is 0.363 e. The minimum absolute atomic E-state index is 0.0331. The van der Waals surface area contributed by atoms with Gasteiger partial charge in [0.2, 0.25) is 5.91 Å². The zero-order valence-corrected chi connectivity index (χ0v) is 12.9. The quantitative estimate of drug-likeness (QED) is 0.913. The highest BCUT2D eigenvalue weighted by molar-refractivity contribution is 5.84. The second-order valence-electron chi connectivity index (χ2n) is 5.91. The van der Waals surface area contributed by atoms with Crippen LogP contribution in [0, 0.1) is 13.8 Å². The number of carbonyl (C=O) groups is 1. The third-order valence-corrected chi connectivity index (χ3v) is 4.50. The Morgan fingerprint density at radius 3 is 2.91 bits per heavy atom. The fourth-order valence-corrected chi connectivity index (χ4v) is 3.11. The first kappa shape index (κ1) is 14.6. The number of rotatable bonds is 3. The molecule has 0 bridgehead atoms. The van der Waals surface area contributed by atoms with Crippen LogP contribution in [0.4, 0.5) is 0 Å². The van der Waals surface area contributed by atoms with Crippen molar-refractivity contribution in [3.63, 3.8) is 0 Å². The number of H-pyrrole nitrogens is 1. The normalized spacial score (nSPS) is 16.4. The van der Waals surface area contributed by atoms with Gasteiger partial charge in [-0.15, -0.1) is 0 Å². The molecule has 1 atom stereocenters. The van der Waals surface area contributed by atoms with Crippen LogP contribution >= 0.6 is 0 Å². The Hall–Kier alpha value is -2.36. The summed E-state index contributed by atoms with van der Waals surface area (Å²) >= 11 is 0. The first-order chi connectivity index (χ1) is 10.6.